The second-order valence-corrected chi connectivity index (χ2v) is 2.97. The molecule has 0 bridgehead atoms. The number of hydrogen-bond acceptors (Lipinski definition) is 3. The number of aryl methyl sites for hydroxylation is 1. The number of aliphatic hydroxyl groups is 1. The Morgan fingerprint density at radius 3 is 2.79 bits per heavy atom. The van der Waals surface area contributed by atoms with E-state index in [9.17, 15) is 4.79 Å². The minimum Gasteiger partial charge on any atom is -0.491 e. The van der Waals surface area contributed by atoms with Gasteiger partial charge >= 0.3 is 0 Å². The molecule has 4 nitrogen and oxygen atoms in total. The summed E-state index contributed by atoms with van der Waals surface area (Å²) in [6.45, 7) is 2.00. The Balaban J connectivity index is 2.89. The zero-order valence-corrected chi connectivity index (χ0v) is 7.99. The van der Waals surface area contributed by atoms with E-state index in [0.717, 1.165) is 5.56 Å². The van der Waals surface area contributed by atoms with Crippen LogP contribution in [0.15, 0.2) is 18.2 Å². The van der Waals surface area contributed by atoms with E-state index < -0.39 is 5.91 Å². The zero-order chi connectivity index (χ0) is 10.6. The van der Waals surface area contributed by atoms with Crippen molar-refractivity contribution in [3.63, 3.8) is 0 Å². The fourth-order valence-corrected chi connectivity index (χ4v) is 1.14. The van der Waals surface area contributed by atoms with E-state index in [-0.39, 0.29) is 13.2 Å². The van der Waals surface area contributed by atoms with Crippen molar-refractivity contribution in [2.45, 2.75) is 6.92 Å². The molecule has 3 N–H and O–H groups in total. The molecule has 4 heteroatoms. The summed E-state index contributed by atoms with van der Waals surface area (Å²) in [6, 6.07) is 5.03. The van der Waals surface area contributed by atoms with Crippen molar-refractivity contribution in [3.8, 4) is 5.75 Å². The lowest BCUT2D eigenvalue weighted by Gasteiger charge is -2.06. The summed E-state index contributed by atoms with van der Waals surface area (Å²) in [7, 11) is 0. The summed E-state index contributed by atoms with van der Waals surface area (Å²) in [5.41, 5.74) is 6.45. The third-order valence-corrected chi connectivity index (χ3v) is 1.70. The number of hydrogen-bond donors (Lipinski definition) is 2. The lowest BCUT2D eigenvalue weighted by Crippen LogP contribution is -2.11. The first kappa shape index (κ1) is 10.5. The zero-order valence-electron chi connectivity index (χ0n) is 7.99. The standard InChI is InChI=1S/C10H13NO3/c1-7-4-8(10(11)13)6-9(5-7)14-3-2-12/h4-6,12H,2-3H2,1H3,(H2,11,13). The molecular formula is C10H13NO3. The van der Waals surface area contributed by atoms with E-state index >= 15 is 0 Å². The molecule has 0 fully saturated rings. The predicted octanol–water partition coefficient (Wildman–Crippen LogP) is 0.465. The predicted molar refractivity (Wildman–Crippen MR) is 52.3 cm³/mol. The first-order chi connectivity index (χ1) is 6.63. The van der Waals surface area contributed by atoms with Gasteiger partial charge in [-0.15, -0.1) is 0 Å². The van der Waals surface area contributed by atoms with Gasteiger partial charge in [-0.2, -0.15) is 0 Å². The van der Waals surface area contributed by atoms with Crippen LogP contribution in [0.4, 0.5) is 0 Å². The van der Waals surface area contributed by atoms with Crippen LogP contribution in [0.25, 0.3) is 0 Å². The van der Waals surface area contributed by atoms with E-state index in [1.807, 2.05) is 6.92 Å². The number of nitrogens with two attached hydrogens (primary N) is 1. The van der Waals surface area contributed by atoms with E-state index in [1.54, 1.807) is 18.2 Å². The summed E-state index contributed by atoms with van der Waals surface area (Å²) in [6.07, 6.45) is 0. The van der Waals surface area contributed by atoms with Crippen LogP contribution in [0.2, 0.25) is 0 Å². The minimum atomic E-state index is -0.484. The van der Waals surface area contributed by atoms with Crippen LogP contribution in [0.5, 0.6) is 5.75 Å². The van der Waals surface area contributed by atoms with E-state index in [2.05, 4.69) is 0 Å². The molecule has 0 aromatic heterocycles. The number of aliphatic hydroxyl groups excluding tert-OH is 1. The van der Waals surface area contributed by atoms with Gasteiger partial charge < -0.3 is 15.6 Å². The summed E-state index contributed by atoms with van der Waals surface area (Å²) >= 11 is 0. The van der Waals surface area contributed by atoms with Gasteiger partial charge in [-0.05, 0) is 30.7 Å². The van der Waals surface area contributed by atoms with Crippen molar-refractivity contribution in [3.05, 3.63) is 29.3 Å². The van der Waals surface area contributed by atoms with Crippen molar-refractivity contribution in [1.82, 2.24) is 0 Å². The number of amides is 1. The van der Waals surface area contributed by atoms with Crippen LogP contribution in [0, 0.1) is 6.92 Å². The number of carbonyl (C=O) groups excluding carboxylic acids is 1. The maximum Gasteiger partial charge on any atom is 0.248 e. The van der Waals surface area contributed by atoms with Gasteiger partial charge in [-0.3, -0.25) is 4.79 Å². The Bertz CT molecular complexity index is 336. The van der Waals surface area contributed by atoms with Gasteiger partial charge in [0, 0.05) is 5.56 Å². The summed E-state index contributed by atoms with van der Waals surface area (Å²) < 4.78 is 5.17. The molecule has 0 radical (unpaired) electrons. The molecule has 0 saturated heterocycles. The third kappa shape index (κ3) is 2.74. The van der Waals surface area contributed by atoms with Gasteiger partial charge in [0.25, 0.3) is 0 Å². The molecule has 0 aliphatic heterocycles. The lowest BCUT2D eigenvalue weighted by molar-refractivity contribution is 0.0999. The Kier molecular flexibility index (Phi) is 3.48. The highest BCUT2D eigenvalue weighted by molar-refractivity contribution is 5.93. The third-order valence-electron chi connectivity index (χ3n) is 1.70. The van der Waals surface area contributed by atoms with Crippen LogP contribution >= 0.6 is 0 Å². The molecule has 0 unspecified atom stereocenters. The first-order valence-corrected chi connectivity index (χ1v) is 4.28. The first-order valence-electron chi connectivity index (χ1n) is 4.28. The average molecular weight is 195 g/mol. The lowest BCUT2D eigenvalue weighted by atomic mass is 10.1. The minimum absolute atomic E-state index is 0.0557. The van der Waals surface area contributed by atoms with Gasteiger partial charge in [-0.1, -0.05) is 0 Å². The summed E-state index contributed by atoms with van der Waals surface area (Å²) in [4.78, 5) is 10.9. The molecule has 0 aliphatic carbocycles. The fourth-order valence-electron chi connectivity index (χ4n) is 1.14. The highest BCUT2D eigenvalue weighted by Gasteiger charge is 2.03. The molecular weight excluding hydrogens is 182 g/mol. The molecule has 1 rings (SSSR count). The molecule has 0 aliphatic rings. The highest BCUT2D eigenvalue weighted by atomic mass is 16.5. The van der Waals surface area contributed by atoms with E-state index in [0.29, 0.717) is 11.3 Å². The Morgan fingerprint density at radius 1 is 1.50 bits per heavy atom. The molecule has 0 heterocycles. The maximum atomic E-state index is 10.9. The highest BCUT2D eigenvalue weighted by Crippen LogP contribution is 2.16. The van der Waals surface area contributed by atoms with Crippen LogP contribution in [-0.2, 0) is 0 Å². The van der Waals surface area contributed by atoms with Gasteiger partial charge in [0.2, 0.25) is 5.91 Å². The Labute approximate surface area is 82.3 Å². The quantitative estimate of drug-likeness (QED) is 0.733. The fraction of sp³-hybridized carbons (Fsp3) is 0.300. The summed E-state index contributed by atoms with van der Waals surface area (Å²) in [5.74, 6) is 0.0652. The Hall–Kier alpha value is -1.55. The molecule has 0 atom stereocenters. The largest absolute Gasteiger partial charge is 0.491 e. The van der Waals surface area contributed by atoms with Crippen molar-refractivity contribution >= 4 is 5.91 Å². The normalized spacial score (nSPS) is 9.86. The molecule has 76 valence electrons. The van der Waals surface area contributed by atoms with Crippen LogP contribution in [0.1, 0.15) is 15.9 Å². The number of rotatable bonds is 4. The smallest absolute Gasteiger partial charge is 0.248 e. The van der Waals surface area contributed by atoms with Crippen LogP contribution in [0.3, 0.4) is 0 Å². The van der Waals surface area contributed by atoms with Gasteiger partial charge in [-0.25, -0.2) is 0 Å². The molecule has 0 spiro atoms. The van der Waals surface area contributed by atoms with Crippen molar-refractivity contribution in [1.29, 1.82) is 0 Å². The second kappa shape index (κ2) is 4.62. The molecule has 14 heavy (non-hydrogen) atoms. The number of ether oxygens (including phenoxy) is 1. The van der Waals surface area contributed by atoms with Gasteiger partial charge in [0.15, 0.2) is 0 Å². The summed E-state index contributed by atoms with van der Waals surface area (Å²) in [5, 5.41) is 8.56. The van der Waals surface area contributed by atoms with Gasteiger partial charge in [0.1, 0.15) is 12.4 Å². The van der Waals surface area contributed by atoms with E-state index in [4.69, 9.17) is 15.6 Å². The number of primary amides is 1. The number of benzene rings is 1. The SMILES string of the molecule is Cc1cc(OCCO)cc(C(N)=O)c1. The van der Waals surface area contributed by atoms with Crippen LogP contribution < -0.4 is 10.5 Å². The Morgan fingerprint density at radius 2 is 2.21 bits per heavy atom. The molecule has 1 aromatic rings. The monoisotopic (exact) mass is 195 g/mol. The average Bonchev–Trinajstić information content (AvgIpc) is 2.14. The van der Waals surface area contributed by atoms with E-state index in [1.165, 1.54) is 0 Å². The topological polar surface area (TPSA) is 72.6 Å². The van der Waals surface area contributed by atoms with Crippen LogP contribution in [-0.4, -0.2) is 24.2 Å². The number of carbonyl (C=O) groups is 1. The molecule has 1 aromatic carbocycles. The molecule has 1 amide bonds. The van der Waals surface area contributed by atoms with Crippen molar-refractivity contribution < 1.29 is 14.6 Å². The van der Waals surface area contributed by atoms with Gasteiger partial charge in [0.05, 0.1) is 6.61 Å². The molecule has 0 saturated carbocycles. The maximum absolute atomic E-state index is 10.9. The van der Waals surface area contributed by atoms with Crippen molar-refractivity contribution in [2.75, 3.05) is 13.2 Å². The van der Waals surface area contributed by atoms with Crippen molar-refractivity contribution in [2.24, 2.45) is 5.73 Å². The second-order valence-electron chi connectivity index (χ2n) is 2.97.